The van der Waals surface area contributed by atoms with Crippen molar-refractivity contribution in [3.63, 3.8) is 0 Å². The molecule has 0 fully saturated rings. The summed E-state index contributed by atoms with van der Waals surface area (Å²) in [5.41, 5.74) is 2.14. The van der Waals surface area contributed by atoms with Crippen LogP contribution in [0.3, 0.4) is 0 Å². The first-order valence-corrected chi connectivity index (χ1v) is 11.4. The van der Waals surface area contributed by atoms with Crippen LogP contribution in [0.2, 0.25) is 0 Å². The number of sulfonamides is 1. The van der Waals surface area contributed by atoms with Crippen molar-refractivity contribution in [3.05, 3.63) is 57.9 Å². The van der Waals surface area contributed by atoms with E-state index in [0.29, 0.717) is 35.6 Å². The fourth-order valence-electron chi connectivity index (χ4n) is 3.41. The van der Waals surface area contributed by atoms with E-state index in [1.807, 2.05) is 11.5 Å². The highest BCUT2D eigenvalue weighted by atomic mass is 32.2. The van der Waals surface area contributed by atoms with Crippen molar-refractivity contribution in [3.8, 4) is 0 Å². The molecule has 0 saturated heterocycles. The molecular formula is C21H25N5O5S. The molecule has 0 atom stereocenters. The molecule has 0 unspecified atom stereocenters. The number of hydrogen-bond donors (Lipinski definition) is 1. The van der Waals surface area contributed by atoms with Gasteiger partial charge in [0.2, 0.25) is 15.9 Å². The molecule has 3 rings (SSSR count). The molecule has 0 aliphatic rings. The Morgan fingerprint density at radius 2 is 1.94 bits per heavy atom. The maximum Gasteiger partial charge on any atom is 0.274 e. The minimum absolute atomic E-state index is 0.0564. The average Bonchev–Trinajstić information content (AvgIpc) is 3.10. The van der Waals surface area contributed by atoms with Crippen LogP contribution >= 0.6 is 0 Å². The van der Waals surface area contributed by atoms with Gasteiger partial charge in [-0.3, -0.25) is 14.9 Å². The molecule has 0 aliphatic carbocycles. The summed E-state index contributed by atoms with van der Waals surface area (Å²) >= 11 is 0. The van der Waals surface area contributed by atoms with Crippen LogP contribution in [-0.2, 0) is 27.8 Å². The molecule has 0 bridgehead atoms. The number of hydrogen-bond acceptors (Lipinski definition) is 6. The number of nitrogens with one attached hydrogen (secondary N) is 1. The highest BCUT2D eigenvalue weighted by Gasteiger charge is 2.20. The van der Waals surface area contributed by atoms with Gasteiger partial charge < -0.3 is 9.88 Å². The molecule has 0 spiro atoms. The number of rotatable bonds is 8. The van der Waals surface area contributed by atoms with Gasteiger partial charge in [0.15, 0.2) is 0 Å². The lowest BCUT2D eigenvalue weighted by atomic mass is 10.2. The first-order chi connectivity index (χ1) is 15.0. The third-order valence-electron chi connectivity index (χ3n) is 5.16. The number of amides is 1. The van der Waals surface area contributed by atoms with Gasteiger partial charge in [-0.2, -0.15) is 0 Å². The summed E-state index contributed by atoms with van der Waals surface area (Å²) in [5.74, 6) is 0.362. The second kappa shape index (κ2) is 9.05. The molecule has 0 saturated carbocycles. The van der Waals surface area contributed by atoms with Crippen LogP contribution < -0.4 is 5.32 Å². The number of carbonyl (C=O) groups is 1. The van der Waals surface area contributed by atoms with Crippen LogP contribution in [0.1, 0.15) is 24.7 Å². The molecule has 32 heavy (non-hydrogen) atoms. The lowest BCUT2D eigenvalue weighted by molar-refractivity contribution is -0.385. The third-order valence-corrected chi connectivity index (χ3v) is 6.97. The van der Waals surface area contributed by atoms with Crippen LogP contribution in [-0.4, -0.2) is 47.2 Å². The normalized spacial score (nSPS) is 11.8. The van der Waals surface area contributed by atoms with Gasteiger partial charge in [0.05, 0.1) is 20.9 Å². The highest BCUT2D eigenvalue weighted by molar-refractivity contribution is 7.89. The van der Waals surface area contributed by atoms with E-state index < -0.39 is 14.9 Å². The summed E-state index contributed by atoms with van der Waals surface area (Å²) in [7, 11) is -0.642. The van der Waals surface area contributed by atoms with Crippen LogP contribution in [0.25, 0.3) is 11.0 Å². The number of nitro groups is 1. The molecule has 1 heterocycles. The van der Waals surface area contributed by atoms with E-state index in [9.17, 15) is 23.3 Å². The summed E-state index contributed by atoms with van der Waals surface area (Å²) in [4.78, 5) is 27.7. The Kier molecular flexibility index (Phi) is 6.60. The van der Waals surface area contributed by atoms with Crippen molar-refractivity contribution in [1.82, 2.24) is 13.9 Å². The Morgan fingerprint density at radius 1 is 1.22 bits per heavy atom. The summed E-state index contributed by atoms with van der Waals surface area (Å²) in [6, 6.07) is 9.34. The molecule has 3 aromatic rings. The van der Waals surface area contributed by atoms with Gasteiger partial charge in [0.25, 0.3) is 5.69 Å². The molecule has 2 aromatic carbocycles. The second-order valence-corrected chi connectivity index (χ2v) is 9.67. The zero-order valence-electron chi connectivity index (χ0n) is 18.3. The Bertz CT molecular complexity index is 1300. The van der Waals surface area contributed by atoms with Crippen molar-refractivity contribution in [2.24, 2.45) is 0 Å². The van der Waals surface area contributed by atoms with E-state index in [-0.39, 0.29) is 22.9 Å². The van der Waals surface area contributed by atoms with Crippen molar-refractivity contribution in [2.75, 3.05) is 19.4 Å². The van der Waals surface area contributed by atoms with Gasteiger partial charge in [-0.15, -0.1) is 0 Å². The number of aromatic nitrogens is 2. The van der Waals surface area contributed by atoms with Gasteiger partial charge in [-0.1, -0.05) is 6.07 Å². The van der Waals surface area contributed by atoms with Gasteiger partial charge in [0, 0.05) is 50.8 Å². The number of carbonyl (C=O) groups excluding carboxylic acids is 1. The fourth-order valence-corrected chi connectivity index (χ4v) is 4.33. The average molecular weight is 460 g/mol. The summed E-state index contributed by atoms with van der Waals surface area (Å²) in [6.07, 6.45) is 0.450. The quantitative estimate of drug-likeness (QED) is 0.407. The topological polar surface area (TPSA) is 127 Å². The van der Waals surface area contributed by atoms with E-state index in [2.05, 4.69) is 10.3 Å². The third kappa shape index (κ3) is 4.63. The standard InChI is InChI=1S/C21H25N5O5S/c1-5-25-18-9-8-16(32(30,31)24(3)4)13-17(18)23-20(25)10-11-21(27)22-15-7-6-14(2)19(12-15)26(28)29/h6-9,12-13H,5,10-11H2,1-4H3,(H,22,27). The number of fused-ring (bicyclic) bond motifs is 1. The number of anilines is 1. The molecule has 170 valence electrons. The minimum atomic E-state index is -3.58. The van der Waals surface area contributed by atoms with E-state index in [1.54, 1.807) is 31.2 Å². The maximum absolute atomic E-state index is 12.4. The zero-order valence-corrected chi connectivity index (χ0v) is 19.1. The van der Waals surface area contributed by atoms with Crippen LogP contribution in [0, 0.1) is 17.0 Å². The first kappa shape index (κ1) is 23.4. The Morgan fingerprint density at radius 3 is 2.56 bits per heavy atom. The van der Waals surface area contributed by atoms with Crippen molar-refractivity contribution >= 4 is 38.3 Å². The smallest absolute Gasteiger partial charge is 0.274 e. The number of benzene rings is 2. The van der Waals surface area contributed by atoms with E-state index in [0.717, 1.165) is 9.82 Å². The number of nitro benzene ring substituents is 1. The van der Waals surface area contributed by atoms with Gasteiger partial charge in [-0.25, -0.2) is 17.7 Å². The van der Waals surface area contributed by atoms with Gasteiger partial charge >= 0.3 is 0 Å². The number of nitrogens with zero attached hydrogens (tertiary/aromatic N) is 4. The summed E-state index contributed by atoms with van der Waals surface area (Å²) in [6.45, 7) is 4.19. The SMILES string of the molecule is CCn1c(CCC(=O)Nc2ccc(C)c([N+](=O)[O-])c2)nc2cc(S(=O)(=O)N(C)C)ccc21. The molecule has 10 nitrogen and oxygen atoms in total. The maximum atomic E-state index is 12.4. The van der Waals surface area contributed by atoms with Crippen molar-refractivity contribution in [1.29, 1.82) is 0 Å². The fraction of sp³-hybridized carbons (Fsp3) is 0.333. The van der Waals surface area contributed by atoms with Crippen molar-refractivity contribution < 1.29 is 18.1 Å². The molecular weight excluding hydrogens is 434 g/mol. The number of imidazole rings is 1. The van der Waals surface area contributed by atoms with Gasteiger partial charge in [0.1, 0.15) is 5.82 Å². The van der Waals surface area contributed by atoms with Crippen LogP contribution in [0.5, 0.6) is 0 Å². The monoisotopic (exact) mass is 459 g/mol. The lowest BCUT2D eigenvalue weighted by Gasteiger charge is -2.11. The largest absolute Gasteiger partial charge is 0.328 e. The van der Waals surface area contributed by atoms with Crippen LogP contribution in [0.15, 0.2) is 41.3 Å². The molecule has 0 radical (unpaired) electrons. The molecule has 11 heteroatoms. The highest BCUT2D eigenvalue weighted by Crippen LogP contribution is 2.24. The predicted molar refractivity (Wildman–Crippen MR) is 121 cm³/mol. The molecule has 0 aliphatic heterocycles. The summed E-state index contributed by atoms with van der Waals surface area (Å²) in [5, 5.41) is 13.8. The van der Waals surface area contributed by atoms with E-state index in [1.165, 1.54) is 26.2 Å². The van der Waals surface area contributed by atoms with Crippen molar-refractivity contribution in [2.45, 2.75) is 38.1 Å². The van der Waals surface area contributed by atoms with Gasteiger partial charge in [-0.05, 0) is 38.1 Å². The van der Waals surface area contributed by atoms with E-state index >= 15 is 0 Å². The summed E-state index contributed by atoms with van der Waals surface area (Å²) < 4.78 is 27.9. The molecule has 1 aromatic heterocycles. The lowest BCUT2D eigenvalue weighted by Crippen LogP contribution is -2.22. The Balaban J connectivity index is 1.79. The minimum Gasteiger partial charge on any atom is -0.328 e. The zero-order chi connectivity index (χ0) is 23.6. The Hall–Kier alpha value is -3.31. The number of aryl methyl sites for hydroxylation is 3. The second-order valence-electron chi connectivity index (χ2n) is 7.52. The van der Waals surface area contributed by atoms with E-state index in [4.69, 9.17) is 0 Å². The molecule has 1 amide bonds. The molecule has 1 N–H and O–H groups in total. The first-order valence-electron chi connectivity index (χ1n) is 10.0. The predicted octanol–water partition coefficient (Wildman–Crippen LogP) is 3.09. The van der Waals surface area contributed by atoms with Crippen LogP contribution in [0.4, 0.5) is 11.4 Å². The Labute approximate surface area is 186 Å².